The minimum Gasteiger partial charge on any atom is -0.351 e. The second-order valence-corrected chi connectivity index (χ2v) is 5.27. The molecule has 1 aromatic carbocycles. The fourth-order valence-electron chi connectivity index (χ4n) is 2.39. The third kappa shape index (κ3) is 4.22. The fourth-order valence-corrected chi connectivity index (χ4v) is 2.39. The molecular formula is C15H18F3N3O2. The predicted molar refractivity (Wildman–Crippen MR) is 79.3 cm³/mol. The molecule has 0 aliphatic carbocycles. The lowest BCUT2D eigenvalue weighted by atomic mass is 10.1. The van der Waals surface area contributed by atoms with Gasteiger partial charge in [-0.2, -0.15) is 13.2 Å². The van der Waals surface area contributed by atoms with Crippen molar-refractivity contribution >= 4 is 17.5 Å². The van der Waals surface area contributed by atoms with Crippen LogP contribution in [0.3, 0.4) is 0 Å². The van der Waals surface area contributed by atoms with E-state index >= 15 is 0 Å². The Morgan fingerprint density at radius 2 is 2.00 bits per heavy atom. The highest BCUT2D eigenvalue weighted by Gasteiger charge is 2.33. The Morgan fingerprint density at radius 1 is 1.26 bits per heavy atom. The van der Waals surface area contributed by atoms with E-state index in [2.05, 4.69) is 10.6 Å². The van der Waals surface area contributed by atoms with E-state index in [-0.39, 0.29) is 17.2 Å². The van der Waals surface area contributed by atoms with Crippen LogP contribution >= 0.6 is 0 Å². The van der Waals surface area contributed by atoms with Crippen LogP contribution < -0.4 is 15.5 Å². The van der Waals surface area contributed by atoms with Crippen LogP contribution in [-0.2, 0) is 11.0 Å². The number of nitrogens with one attached hydrogen (secondary N) is 2. The number of hydrogen-bond acceptors (Lipinski definition) is 3. The van der Waals surface area contributed by atoms with Crippen molar-refractivity contribution in [3.8, 4) is 0 Å². The smallest absolute Gasteiger partial charge is 0.351 e. The molecule has 0 saturated carbocycles. The maximum atomic E-state index is 13.1. The number of hydrogen-bond donors (Lipinski definition) is 2. The highest BCUT2D eigenvalue weighted by molar-refractivity contribution is 5.99. The Hall–Kier alpha value is -2.09. The molecule has 0 aromatic heterocycles. The zero-order valence-electron chi connectivity index (χ0n) is 12.7. The van der Waals surface area contributed by atoms with Gasteiger partial charge >= 0.3 is 6.18 Å². The van der Waals surface area contributed by atoms with Gasteiger partial charge in [-0.05, 0) is 31.7 Å². The number of amides is 2. The van der Waals surface area contributed by atoms with Crippen molar-refractivity contribution in [1.29, 1.82) is 0 Å². The van der Waals surface area contributed by atoms with E-state index < -0.39 is 17.6 Å². The molecular weight excluding hydrogens is 311 g/mol. The number of carbonyl (C=O) groups is 2. The number of alkyl halides is 3. The van der Waals surface area contributed by atoms with E-state index in [1.54, 1.807) is 7.05 Å². The van der Waals surface area contributed by atoms with Gasteiger partial charge in [-0.3, -0.25) is 9.59 Å². The molecule has 0 bridgehead atoms. The summed E-state index contributed by atoms with van der Waals surface area (Å²) in [6.45, 7) is 1.16. The number of benzene rings is 1. The van der Waals surface area contributed by atoms with E-state index in [0.29, 0.717) is 32.5 Å². The molecule has 0 unspecified atom stereocenters. The molecule has 0 spiro atoms. The van der Waals surface area contributed by atoms with Crippen molar-refractivity contribution in [3.63, 3.8) is 0 Å². The Kier molecular flexibility index (Phi) is 5.25. The second kappa shape index (κ2) is 6.99. The maximum absolute atomic E-state index is 13.1. The first kappa shape index (κ1) is 17.3. The first-order valence-corrected chi connectivity index (χ1v) is 7.28. The summed E-state index contributed by atoms with van der Waals surface area (Å²) in [5.74, 6) is -0.829. The summed E-state index contributed by atoms with van der Waals surface area (Å²) < 4.78 is 39.2. The molecule has 1 saturated heterocycles. The molecule has 1 aromatic rings. The number of likely N-dealkylation sites (N-methyl/N-ethyl adjacent to an activating group) is 1. The SMILES string of the molecule is CNCCNC(=O)c1cc(N2CCCC2=O)cc(C(F)(F)F)c1. The van der Waals surface area contributed by atoms with Gasteiger partial charge in [0, 0.05) is 37.3 Å². The Labute approximate surface area is 131 Å². The molecule has 1 aliphatic rings. The normalized spacial score (nSPS) is 15.1. The standard InChI is InChI=1S/C15H18F3N3O2/c1-19-4-5-20-14(23)10-7-11(15(16,17)18)9-12(8-10)21-6-2-3-13(21)22/h7-9,19H,2-6H2,1H3,(H,20,23). The quantitative estimate of drug-likeness (QED) is 0.810. The third-order valence-corrected chi connectivity index (χ3v) is 3.55. The van der Waals surface area contributed by atoms with Crippen molar-refractivity contribution in [2.45, 2.75) is 19.0 Å². The summed E-state index contributed by atoms with van der Waals surface area (Å²) in [4.78, 5) is 25.1. The van der Waals surface area contributed by atoms with Crippen molar-refractivity contribution in [1.82, 2.24) is 10.6 Å². The first-order valence-electron chi connectivity index (χ1n) is 7.28. The molecule has 1 aliphatic heterocycles. The van der Waals surface area contributed by atoms with E-state index in [0.717, 1.165) is 12.1 Å². The van der Waals surface area contributed by atoms with Crippen molar-refractivity contribution in [2.75, 3.05) is 31.6 Å². The molecule has 8 heteroatoms. The van der Waals surface area contributed by atoms with Gasteiger partial charge < -0.3 is 15.5 Å². The van der Waals surface area contributed by atoms with Gasteiger partial charge in [0.05, 0.1) is 5.56 Å². The third-order valence-electron chi connectivity index (χ3n) is 3.55. The van der Waals surface area contributed by atoms with Crippen LogP contribution in [-0.4, -0.2) is 38.5 Å². The van der Waals surface area contributed by atoms with Gasteiger partial charge in [-0.1, -0.05) is 0 Å². The van der Waals surface area contributed by atoms with E-state index in [1.807, 2.05) is 0 Å². The van der Waals surface area contributed by atoms with E-state index in [1.165, 1.54) is 11.0 Å². The lowest BCUT2D eigenvalue weighted by molar-refractivity contribution is -0.137. The predicted octanol–water partition coefficient (Wildman–Crippen LogP) is 1.78. The van der Waals surface area contributed by atoms with Crippen molar-refractivity contribution in [3.05, 3.63) is 29.3 Å². The molecule has 2 rings (SSSR count). The molecule has 126 valence electrons. The molecule has 1 heterocycles. The lowest BCUT2D eigenvalue weighted by Gasteiger charge is -2.19. The van der Waals surface area contributed by atoms with Gasteiger partial charge in [0.15, 0.2) is 0 Å². The van der Waals surface area contributed by atoms with Crippen LogP contribution in [0.4, 0.5) is 18.9 Å². The largest absolute Gasteiger partial charge is 0.416 e. The Morgan fingerprint density at radius 3 is 2.57 bits per heavy atom. The zero-order valence-corrected chi connectivity index (χ0v) is 12.7. The summed E-state index contributed by atoms with van der Waals surface area (Å²) in [6.07, 6.45) is -3.68. The van der Waals surface area contributed by atoms with Gasteiger partial charge in [0.25, 0.3) is 5.91 Å². The number of nitrogens with zero attached hydrogens (tertiary/aromatic N) is 1. The zero-order chi connectivity index (χ0) is 17.0. The van der Waals surface area contributed by atoms with Crippen molar-refractivity contribution in [2.24, 2.45) is 0 Å². The van der Waals surface area contributed by atoms with Gasteiger partial charge in [-0.25, -0.2) is 0 Å². The van der Waals surface area contributed by atoms with E-state index in [9.17, 15) is 22.8 Å². The number of carbonyl (C=O) groups excluding carboxylic acids is 2. The van der Waals surface area contributed by atoms with Gasteiger partial charge in [0.2, 0.25) is 5.91 Å². The topological polar surface area (TPSA) is 61.4 Å². The molecule has 2 N–H and O–H groups in total. The average molecular weight is 329 g/mol. The summed E-state index contributed by atoms with van der Waals surface area (Å²) in [6, 6.07) is 3.04. The first-order chi connectivity index (χ1) is 10.8. The Balaban J connectivity index is 2.33. The van der Waals surface area contributed by atoms with Crippen LogP contribution in [0.25, 0.3) is 0 Å². The number of halogens is 3. The minimum atomic E-state index is -4.58. The van der Waals surface area contributed by atoms with Crippen LogP contribution in [0.2, 0.25) is 0 Å². The van der Waals surface area contributed by atoms with Crippen LogP contribution in [0, 0.1) is 0 Å². The maximum Gasteiger partial charge on any atom is 0.416 e. The summed E-state index contributed by atoms with van der Waals surface area (Å²) in [5, 5.41) is 5.36. The number of anilines is 1. The summed E-state index contributed by atoms with van der Waals surface area (Å²) in [5.41, 5.74) is -0.930. The molecule has 5 nitrogen and oxygen atoms in total. The number of rotatable bonds is 5. The molecule has 23 heavy (non-hydrogen) atoms. The highest BCUT2D eigenvalue weighted by Crippen LogP contribution is 2.34. The highest BCUT2D eigenvalue weighted by atomic mass is 19.4. The lowest BCUT2D eigenvalue weighted by Crippen LogP contribution is -2.31. The van der Waals surface area contributed by atoms with Crippen LogP contribution in [0.1, 0.15) is 28.8 Å². The van der Waals surface area contributed by atoms with Crippen molar-refractivity contribution < 1.29 is 22.8 Å². The molecule has 2 amide bonds. The monoisotopic (exact) mass is 329 g/mol. The van der Waals surface area contributed by atoms with Gasteiger partial charge in [0.1, 0.15) is 0 Å². The fraction of sp³-hybridized carbons (Fsp3) is 0.467. The van der Waals surface area contributed by atoms with E-state index in [4.69, 9.17) is 0 Å². The molecule has 1 fully saturated rings. The van der Waals surface area contributed by atoms with Crippen LogP contribution in [0.5, 0.6) is 0 Å². The summed E-state index contributed by atoms with van der Waals surface area (Å²) >= 11 is 0. The minimum absolute atomic E-state index is 0.106. The average Bonchev–Trinajstić information content (AvgIpc) is 2.92. The second-order valence-electron chi connectivity index (χ2n) is 5.27. The molecule has 0 radical (unpaired) electrons. The summed E-state index contributed by atoms with van der Waals surface area (Å²) in [7, 11) is 1.70. The molecule has 0 atom stereocenters. The van der Waals surface area contributed by atoms with Gasteiger partial charge in [-0.15, -0.1) is 0 Å². The van der Waals surface area contributed by atoms with Crippen LogP contribution in [0.15, 0.2) is 18.2 Å². The Bertz CT molecular complexity index is 602.